The Morgan fingerprint density at radius 2 is 2.32 bits per heavy atom. The van der Waals surface area contributed by atoms with Crippen LogP contribution in [-0.4, -0.2) is 30.9 Å². The van der Waals surface area contributed by atoms with Crippen LogP contribution in [0, 0.1) is 0 Å². The number of piperazine rings is 1. The minimum Gasteiger partial charge on any atom is -0.353 e. The highest BCUT2D eigenvalue weighted by atomic mass is 79.9. The minimum absolute atomic E-state index is 0.0792. The summed E-state index contributed by atoms with van der Waals surface area (Å²) in [5.74, 6) is -0.184. The van der Waals surface area contributed by atoms with Gasteiger partial charge >= 0.3 is 0 Å². The van der Waals surface area contributed by atoms with E-state index in [1.807, 2.05) is 31.2 Å². The van der Waals surface area contributed by atoms with Crippen LogP contribution >= 0.6 is 15.9 Å². The lowest BCUT2D eigenvalue weighted by Gasteiger charge is -2.25. The van der Waals surface area contributed by atoms with Gasteiger partial charge in [0.25, 0.3) is 0 Å². The van der Waals surface area contributed by atoms with Crippen molar-refractivity contribution in [3.63, 3.8) is 0 Å². The summed E-state index contributed by atoms with van der Waals surface area (Å²) in [6.07, 6.45) is 0. The van der Waals surface area contributed by atoms with Crippen molar-refractivity contribution in [3.8, 4) is 0 Å². The van der Waals surface area contributed by atoms with E-state index < -0.39 is 0 Å². The molecule has 6 heteroatoms. The van der Waals surface area contributed by atoms with E-state index in [1.165, 1.54) is 0 Å². The molecule has 2 unspecified atom stereocenters. The second-order valence-corrected chi connectivity index (χ2v) is 5.44. The molecule has 19 heavy (non-hydrogen) atoms. The Morgan fingerprint density at radius 3 is 2.95 bits per heavy atom. The maximum Gasteiger partial charge on any atom is 0.239 e. The van der Waals surface area contributed by atoms with Gasteiger partial charge < -0.3 is 10.6 Å². The molecule has 2 atom stereocenters. The Morgan fingerprint density at radius 1 is 1.53 bits per heavy atom. The number of hydrogen-bond acceptors (Lipinski definition) is 3. The molecule has 2 amide bonds. The van der Waals surface area contributed by atoms with Crippen LogP contribution in [0.2, 0.25) is 0 Å². The number of amides is 2. The standard InChI is InChI=1S/C13H16BrN3O2/c1-8(9-3-2-4-10(14)5-9)17-13(19)11-6-16-12(18)7-15-11/h2-5,8,11,15H,6-7H2,1H3,(H,16,18)(H,17,19). The fourth-order valence-electron chi connectivity index (χ4n) is 1.93. The van der Waals surface area contributed by atoms with E-state index in [4.69, 9.17) is 0 Å². The van der Waals surface area contributed by atoms with E-state index in [2.05, 4.69) is 31.9 Å². The van der Waals surface area contributed by atoms with E-state index in [0.717, 1.165) is 10.0 Å². The predicted molar refractivity (Wildman–Crippen MR) is 75.5 cm³/mol. The molecular formula is C13H16BrN3O2. The Labute approximate surface area is 120 Å². The largest absolute Gasteiger partial charge is 0.353 e. The maximum absolute atomic E-state index is 12.0. The van der Waals surface area contributed by atoms with Crippen molar-refractivity contribution in [3.05, 3.63) is 34.3 Å². The van der Waals surface area contributed by atoms with Crippen molar-refractivity contribution < 1.29 is 9.59 Å². The molecule has 2 rings (SSSR count). The second-order valence-electron chi connectivity index (χ2n) is 4.52. The molecule has 102 valence electrons. The van der Waals surface area contributed by atoms with Gasteiger partial charge in [0.05, 0.1) is 12.6 Å². The normalized spacial score (nSPS) is 20.5. The zero-order valence-corrected chi connectivity index (χ0v) is 12.2. The van der Waals surface area contributed by atoms with E-state index >= 15 is 0 Å². The number of carbonyl (C=O) groups excluding carboxylic acids is 2. The fraction of sp³-hybridized carbons (Fsp3) is 0.385. The second kappa shape index (κ2) is 6.16. The molecule has 0 spiro atoms. The third-order valence-electron chi connectivity index (χ3n) is 3.04. The van der Waals surface area contributed by atoms with Gasteiger partial charge in [-0.1, -0.05) is 28.1 Å². The van der Waals surface area contributed by atoms with E-state index in [-0.39, 0.29) is 30.4 Å². The first kappa shape index (κ1) is 14.0. The number of halogens is 1. The number of carbonyl (C=O) groups is 2. The summed E-state index contributed by atoms with van der Waals surface area (Å²) in [7, 11) is 0. The first-order chi connectivity index (χ1) is 9.06. The Balaban J connectivity index is 1.93. The van der Waals surface area contributed by atoms with Crippen molar-refractivity contribution in [1.29, 1.82) is 0 Å². The van der Waals surface area contributed by atoms with Gasteiger partial charge in [0.2, 0.25) is 11.8 Å². The molecule has 0 aromatic heterocycles. The van der Waals surface area contributed by atoms with Gasteiger partial charge in [-0.15, -0.1) is 0 Å². The summed E-state index contributed by atoms with van der Waals surface area (Å²) in [6.45, 7) is 2.44. The van der Waals surface area contributed by atoms with Crippen molar-refractivity contribution in [1.82, 2.24) is 16.0 Å². The maximum atomic E-state index is 12.0. The highest BCUT2D eigenvalue weighted by molar-refractivity contribution is 9.10. The van der Waals surface area contributed by atoms with E-state index in [9.17, 15) is 9.59 Å². The van der Waals surface area contributed by atoms with Gasteiger partial charge in [-0.05, 0) is 24.6 Å². The molecular weight excluding hydrogens is 310 g/mol. The fourth-order valence-corrected chi connectivity index (χ4v) is 2.34. The smallest absolute Gasteiger partial charge is 0.239 e. The average Bonchev–Trinajstić information content (AvgIpc) is 2.39. The summed E-state index contributed by atoms with van der Waals surface area (Å²) in [5.41, 5.74) is 1.03. The quantitative estimate of drug-likeness (QED) is 0.766. The van der Waals surface area contributed by atoms with Crippen LogP contribution in [0.15, 0.2) is 28.7 Å². The monoisotopic (exact) mass is 325 g/mol. The third kappa shape index (κ3) is 3.78. The molecule has 1 aromatic carbocycles. The summed E-state index contributed by atoms with van der Waals surface area (Å²) in [4.78, 5) is 23.0. The number of nitrogens with one attached hydrogen (secondary N) is 3. The topological polar surface area (TPSA) is 70.2 Å². The molecule has 1 aliphatic rings. The van der Waals surface area contributed by atoms with Crippen molar-refractivity contribution >= 4 is 27.7 Å². The van der Waals surface area contributed by atoms with Gasteiger partial charge in [-0.25, -0.2) is 0 Å². The number of benzene rings is 1. The van der Waals surface area contributed by atoms with E-state index in [1.54, 1.807) is 0 Å². The van der Waals surface area contributed by atoms with Crippen LogP contribution < -0.4 is 16.0 Å². The van der Waals surface area contributed by atoms with E-state index in [0.29, 0.717) is 6.54 Å². The number of rotatable bonds is 3. The van der Waals surface area contributed by atoms with Gasteiger partial charge in [0, 0.05) is 11.0 Å². The van der Waals surface area contributed by atoms with Gasteiger partial charge in [-0.2, -0.15) is 0 Å². The Kier molecular flexibility index (Phi) is 4.55. The predicted octanol–water partition coefficient (Wildman–Crippen LogP) is 0.714. The van der Waals surface area contributed by atoms with Crippen LogP contribution in [0.5, 0.6) is 0 Å². The zero-order chi connectivity index (χ0) is 13.8. The van der Waals surface area contributed by atoms with Crippen LogP contribution in [0.25, 0.3) is 0 Å². The average molecular weight is 326 g/mol. The Bertz CT molecular complexity index is 483. The molecule has 5 nitrogen and oxygen atoms in total. The lowest BCUT2D eigenvalue weighted by atomic mass is 10.1. The zero-order valence-electron chi connectivity index (χ0n) is 10.6. The minimum atomic E-state index is -0.368. The van der Waals surface area contributed by atoms with Crippen LogP contribution in [0.3, 0.4) is 0 Å². The molecule has 1 aromatic rings. The first-order valence-electron chi connectivity index (χ1n) is 6.12. The van der Waals surface area contributed by atoms with Gasteiger partial charge in [-0.3, -0.25) is 14.9 Å². The lowest BCUT2D eigenvalue weighted by Crippen LogP contribution is -2.58. The first-order valence-corrected chi connectivity index (χ1v) is 6.91. The molecule has 0 aliphatic carbocycles. The van der Waals surface area contributed by atoms with Crippen molar-refractivity contribution in [2.45, 2.75) is 19.0 Å². The molecule has 0 bridgehead atoms. The van der Waals surface area contributed by atoms with Gasteiger partial charge in [0.15, 0.2) is 0 Å². The molecule has 3 N–H and O–H groups in total. The molecule has 1 saturated heterocycles. The molecule has 1 heterocycles. The van der Waals surface area contributed by atoms with Crippen LogP contribution in [0.1, 0.15) is 18.5 Å². The summed E-state index contributed by atoms with van der Waals surface area (Å²) in [5, 5.41) is 8.50. The Hall–Kier alpha value is -1.40. The third-order valence-corrected chi connectivity index (χ3v) is 3.53. The molecule has 1 fully saturated rings. The SMILES string of the molecule is CC(NC(=O)C1CNC(=O)CN1)c1cccc(Br)c1. The van der Waals surface area contributed by atoms with Crippen LogP contribution in [0.4, 0.5) is 0 Å². The van der Waals surface area contributed by atoms with Crippen LogP contribution in [-0.2, 0) is 9.59 Å². The molecule has 1 aliphatic heterocycles. The van der Waals surface area contributed by atoms with Gasteiger partial charge in [0.1, 0.15) is 6.04 Å². The summed E-state index contributed by atoms with van der Waals surface area (Å²) in [6, 6.07) is 7.36. The van der Waals surface area contributed by atoms with Crippen molar-refractivity contribution in [2.75, 3.05) is 13.1 Å². The summed E-state index contributed by atoms with van der Waals surface area (Å²) < 4.78 is 0.981. The van der Waals surface area contributed by atoms with Crippen molar-refractivity contribution in [2.24, 2.45) is 0 Å². The molecule has 0 radical (unpaired) electrons. The highest BCUT2D eigenvalue weighted by Gasteiger charge is 2.24. The summed E-state index contributed by atoms with van der Waals surface area (Å²) >= 11 is 3.41. The lowest BCUT2D eigenvalue weighted by molar-refractivity contribution is -0.127. The number of hydrogen-bond donors (Lipinski definition) is 3. The molecule has 0 saturated carbocycles. The highest BCUT2D eigenvalue weighted by Crippen LogP contribution is 2.17.